The molecule has 30 heavy (non-hydrogen) atoms. The van der Waals surface area contributed by atoms with E-state index in [4.69, 9.17) is 14.5 Å². The van der Waals surface area contributed by atoms with E-state index in [1.54, 1.807) is 18.4 Å². The molecule has 1 aliphatic carbocycles. The fourth-order valence-corrected chi connectivity index (χ4v) is 5.03. The van der Waals surface area contributed by atoms with Crippen LogP contribution in [0.2, 0.25) is 0 Å². The van der Waals surface area contributed by atoms with E-state index < -0.39 is 0 Å². The second-order valence-electron chi connectivity index (χ2n) is 9.11. The Morgan fingerprint density at radius 1 is 1.33 bits per heavy atom. The molecule has 0 bridgehead atoms. The van der Waals surface area contributed by atoms with Crippen LogP contribution in [0.1, 0.15) is 69.0 Å². The molecule has 2 aromatic rings. The zero-order chi connectivity index (χ0) is 21.9. The van der Waals surface area contributed by atoms with Crippen LogP contribution >= 0.6 is 11.3 Å². The summed E-state index contributed by atoms with van der Waals surface area (Å²) >= 11 is 1.67. The van der Waals surface area contributed by atoms with Crippen LogP contribution in [-0.4, -0.2) is 19.4 Å². The lowest BCUT2D eigenvalue weighted by atomic mass is 9.72. The smallest absolute Gasteiger partial charge is 0.161 e. The molecule has 3 rings (SSSR count). The highest BCUT2D eigenvalue weighted by atomic mass is 32.1. The predicted molar refractivity (Wildman–Crippen MR) is 125 cm³/mol. The van der Waals surface area contributed by atoms with E-state index in [1.807, 2.05) is 31.3 Å². The van der Waals surface area contributed by atoms with E-state index in [2.05, 4.69) is 33.8 Å². The topological polar surface area (TPSA) is 54.6 Å². The maximum absolute atomic E-state index is 9.76. The number of benzene rings is 1. The number of nitriles is 1. The first-order valence-electron chi connectivity index (χ1n) is 10.7. The summed E-state index contributed by atoms with van der Waals surface area (Å²) < 4.78 is 11.4. The zero-order valence-electron chi connectivity index (χ0n) is 18.9. The maximum Gasteiger partial charge on any atom is 0.161 e. The highest BCUT2D eigenvalue weighted by Crippen LogP contribution is 2.45. The van der Waals surface area contributed by atoms with Crippen LogP contribution in [-0.2, 0) is 12.8 Å². The summed E-state index contributed by atoms with van der Waals surface area (Å²) in [5, 5.41) is 10.6. The Labute approximate surface area is 184 Å². The largest absolute Gasteiger partial charge is 0.493 e. The number of thiophene rings is 1. The van der Waals surface area contributed by atoms with E-state index in [-0.39, 0.29) is 11.5 Å². The summed E-state index contributed by atoms with van der Waals surface area (Å²) in [6.07, 6.45) is 6.04. The van der Waals surface area contributed by atoms with Gasteiger partial charge in [-0.25, -0.2) is 4.99 Å². The number of hydrogen-bond donors (Lipinski definition) is 0. The quantitative estimate of drug-likeness (QED) is 0.484. The number of nitrogens with zero attached hydrogens (tertiary/aromatic N) is 2. The Hall–Kier alpha value is -2.32. The fraction of sp³-hybridized carbons (Fsp3) is 0.520. The van der Waals surface area contributed by atoms with Crippen LogP contribution in [0.3, 0.4) is 0 Å². The molecule has 0 N–H and O–H groups in total. The third-order valence-electron chi connectivity index (χ3n) is 6.00. The molecule has 0 aliphatic heterocycles. The number of aliphatic imine (C=N–C) groups is 1. The molecule has 1 aromatic heterocycles. The number of methoxy groups -OCH3 is 1. The van der Waals surface area contributed by atoms with Gasteiger partial charge < -0.3 is 9.47 Å². The molecule has 0 unspecified atom stereocenters. The third kappa shape index (κ3) is 4.87. The van der Waals surface area contributed by atoms with Crippen molar-refractivity contribution in [1.82, 2.24) is 0 Å². The Morgan fingerprint density at radius 3 is 2.73 bits per heavy atom. The molecular formula is C25H32N2O2S. The molecule has 2 atom stereocenters. The summed E-state index contributed by atoms with van der Waals surface area (Å²) in [6, 6.07) is 8.22. The Balaban J connectivity index is 1.85. The minimum absolute atomic E-state index is 0.131. The molecule has 0 saturated carbocycles. The average molecular weight is 425 g/mol. The first kappa shape index (κ1) is 22.4. The highest BCUT2D eigenvalue weighted by Gasteiger charge is 2.32. The average Bonchev–Trinajstić information content (AvgIpc) is 3.08. The van der Waals surface area contributed by atoms with E-state index >= 15 is 0 Å². The van der Waals surface area contributed by atoms with E-state index in [0.717, 1.165) is 47.6 Å². The van der Waals surface area contributed by atoms with Crippen LogP contribution < -0.4 is 9.47 Å². The summed E-state index contributed by atoms with van der Waals surface area (Å²) in [6.45, 7) is 11.1. The molecule has 1 heterocycles. The first-order valence-corrected chi connectivity index (χ1v) is 11.5. The van der Waals surface area contributed by atoms with Crippen molar-refractivity contribution < 1.29 is 9.47 Å². The number of hydrogen-bond acceptors (Lipinski definition) is 5. The van der Waals surface area contributed by atoms with Crippen LogP contribution in [0.5, 0.6) is 11.5 Å². The SMILES string of the molecule is CC[C@@H](C)Oc1ccc(C=Nc2sc3c(c2C#N)CC[C@@H](C(C)(C)C)C3)cc1OC. The molecule has 160 valence electrons. The third-order valence-corrected chi connectivity index (χ3v) is 7.17. The highest BCUT2D eigenvalue weighted by molar-refractivity contribution is 7.16. The lowest BCUT2D eigenvalue weighted by Gasteiger charge is -2.33. The molecule has 0 radical (unpaired) electrons. The molecule has 5 heteroatoms. The molecular weight excluding hydrogens is 392 g/mol. The second kappa shape index (κ2) is 9.22. The number of ether oxygens (including phenoxy) is 2. The van der Waals surface area contributed by atoms with E-state index in [0.29, 0.717) is 11.7 Å². The van der Waals surface area contributed by atoms with Gasteiger partial charge in [0.05, 0.1) is 18.8 Å². The van der Waals surface area contributed by atoms with Gasteiger partial charge in [0, 0.05) is 11.1 Å². The van der Waals surface area contributed by atoms with Crippen LogP contribution in [0.4, 0.5) is 5.00 Å². The van der Waals surface area contributed by atoms with Gasteiger partial charge in [-0.1, -0.05) is 27.7 Å². The minimum atomic E-state index is 0.131. The Morgan fingerprint density at radius 2 is 2.10 bits per heavy atom. The molecule has 1 aromatic carbocycles. The number of rotatable bonds is 6. The molecule has 0 fully saturated rings. The van der Waals surface area contributed by atoms with Crippen molar-refractivity contribution in [1.29, 1.82) is 5.26 Å². The van der Waals surface area contributed by atoms with Gasteiger partial charge in [-0.15, -0.1) is 11.3 Å². The van der Waals surface area contributed by atoms with Gasteiger partial charge >= 0.3 is 0 Å². The van der Waals surface area contributed by atoms with Crippen molar-refractivity contribution in [2.24, 2.45) is 16.3 Å². The van der Waals surface area contributed by atoms with Crippen molar-refractivity contribution in [2.75, 3.05) is 7.11 Å². The maximum atomic E-state index is 9.76. The van der Waals surface area contributed by atoms with Gasteiger partial charge in [0.1, 0.15) is 11.1 Å². The first-order chi connectivity index (χ1) is 14.3. The molecule has 0 saturated heterocycles. The van der Waals surface area contributed by atoms with Crippen molar-refractivity contribution in [3.63, 3.8) is 0 Å². The fourth-order valence-electron chi connectivity index (χ4n) is 3.81. The van der Waals surface area contributed by atoms with Gasteiger partial charge in [0.2, 0.25) is 0 Å². The van der Waals surface area contributed by atoms with E-state index in [1.165, 1.54) is 10.4 Å². The molecule has 0 amide bonds. The lowest BCUT2D eigenvalue weighted by Crippen LogP contribution is -2.26. The lowest BCUT2D eigenvalue weighted by molar-refractivity contribution is 0.207. The van der Waals surface area contributed by atoms with Gasteiger partial charge in [0.25, 0.3) is 0 Å². The Kier molecular flexibility index (Phi) is 6.88. The van der Waals surface area contributed by atoms with Gasteiger partial charge in [-0.3, -0.25) is 0 Å². The predicted octanol–water partition coefficient (Wildman–Crippen LogP) is 6.71. The Bertz CT molecular complexity index is 963. The van der Waals surface area contributed by atoms with Gasteiger partial charge in [-0.2, -0.15) is 5.26 Å². The van der Waals surface area contributed by atoms with Crippen molar-refractivity contribution in [2.45, 2.75) is 66.4 Å². The van der Waals surface area contributed by atoms with Crippen molar-refractivity contribution >= 4 is 22.6 Å². The standard InChI is InChI=1S/C25H32N2O2S/c1-7-16(2)29-21-11-8-17(12-22(21)28-6)15-27-24-20(14-26)19-10-9-18(25(3,4)5)13-23(19)30-24/h8,11-12,15-16,18H,7,9-10,13H2,1-6H3/t16-,18-/m1/s1. The summed E-state index contributed by atoms with van der Waals surface area (Å²) in [4.78, 5) is 6.03. The van der Waals surface area contributed by atoms with Crippen LogP contribution in [0.25, 0.3) is 0 Å². The normalized spacial score (nSPS) is 17.4. The molecule has 1 aliphatic rings. The van der Waals surface area contributed by atoms with Crippen LogP contribution in [0, 0.1) is 22.7 Å². The van der Waals surface area contributed by atoms with E-state index in [9.17, 15) is 5.26 Å². The summed E-state index contributed by atoms with van der Waals surface area (Å²) in [7, 11) is 1.65. The van der Waals surface area contributed by atoms with Gasteiger partial charge in [-0.05, 0) is 73.3 Å². The van der Waals surface area contributed by atoms with Crippen LogP contribution in [0.15, 0.2) is 23.2 Å². The zero-order valence-corrected chi connectivity index (χ0v) is 19.7. The number of fused-ring (bicyclic) bond motifs is 1. The monoisotopic (exact) mass is 424 g/mol. The minimum Gasteiger partial charge on any atom is -0.493 e. The second-order valence-corrected chi connectivity index (χ2v) is 10.2. The van der Waals surface area contributed by atoms with Crippen molar-refractivity contribution in [3.05, 3.63) is 39.8 Å². The molecule has 4 nitrogen and oxygen atoms in total. The summed E-state index contributed by atoms with van der Waals surface area (Å²) in [5.74, 6) is 2.08. The summed E-state index contributed by atoms with van der Waals surface area (Å²) in [5.41, 5.74) is 3.17. The molecule has 0 spiro atoms. The van der Waals surface area contributed by atoms with Gasteiger partial charge in [0.15, 0.2) is 11.5 Å². The van der Waals surface area contributed by atoms with Crippen molar-refractivity contribution in [3.8, 4) is 17.6 Å².